The number of benzene rings is 1. The van der Waals surface area contributed by atoms with Crippen LogP contribution in [0.1, 0.15) is 18.9 Å². The van der Waals surface area contributed by atoms with Gasteiger partial charge in [-0.25, -0.2) is 12.7 Å². The minimum Gasteiger partial charge on any atom is -0.394 e. The lowest BCUT2D eigenvalue weighted by molar-refractivity contribution is -0.148. The third-order valence-electron chi connectivity index (χ3n) is 3.50. The molecule has 2 atom stereocenters. The smallest absolute Gasteiger partial charge is 0.266 e. The first kappa shape index (κ1) is 14.0. The molecule has 5 nitrogen and oxygen atoms in total. The van der Waals surface area contributed by atoms with Crippen LogP contribution in [0, 0.1) is 12.8 Å². The van der Waals surface area contributed by atoms with Crippen molar-refractivity contribution in [3.8, 4) is 0 Å². The molecule has 0 bridgehead atoms. The van der Waals surface area contributed by atoms with Crippen LogP contribution in [-0.4, -0.2) is 36.4 Å². The molecule has 6 heteroatoms. The molecule has 0 saturated carbocycles. The number of nitrogens with zero attached hydrogens (tertiary/aromatic N) is 1. The molecular formula is C13H17NO4S. The van der Waals surface area contributed by atoms with Crippen molar-refractivity contribution >= 4 is 15.9 Å². The molecule has 2 rings (SSSR count). The van der Waals surface area contributed by atoms with E-state index in [9.17, 15) is 18.3 Å². The molecule has 1 N–H and O–H groups in total. The van der Waals surface area contributed by atoms with Gasteiger partial charge >= 0.3 is 0 Å². The Morgan fingerprint density at radius 1 is 1.26 bits per heavy atom. The van der Waals surface area contributed by atoms with Crippen LogP contribution in [0.5, 0.6) is 0 Å². The Hall–Kier alpha value is -1.40. The number of sulfonamides is 1. The standard InChI is InChI=1S/C13H17NO4S/c1-3-11-12(8-15)14(13(11)16)19(17,18)10-6-4-9(2)5-7-10/h4-7,11-12,15H,3,8H2,1-2H3/t11-,12-/m1/s1. The van der Waals surface area contributed by atoms with Gasteiger partial charge in [0.2, 0.25) is 5.91 Å². The molecule has 0 radical (unpaired) electrons. The molecule has 1 aromatic carbocycles. The fourth-order valence-electron chi connectivity index (χ4n) is 2.34. The van der Waals surface area contributed by atoms with Crippen molar-refractivity contribution in [1.29, 1.82) is 0 Å². The first-order valence-corrected chi connectivity index (χ1v) is 7.63. The molecule has 1 heterocycles. The van der Waals surface area contributed by atoms with Crippen molar-refractivity contribution in [2.24, 2.45) is 5.92 Å². The number of amides is 1. The molecule has 1 saturated heterocycles. The lowest BCUT2D eigenvalue weighted by atomic mass is 9.89. The summed E-state index contributed by atoms with van der Waals surface area (Å²) in [4.78, 5) is 12.0. The van der Waals surface area contributed by atoms with Gasteiger partial charge in [0.15, 0.2) is 0 Å². The monoisotopic (exact) mass is 283 g/mol. The molecule has 1 fully saturated rings. The van der Waals surface area contributed by atoms with Gasteiger partial charge < -0.3 is 5.11 Å². The highest BCUT2D eigenvalue weighted by atomic mass is 32.2. The number of aliphatic hydroxyl groups is 1. The average Bonchev–Trinajstić information content (AvgIpc) is 2.36. The average molecular weight is 283 g/mol. The fraction of sp³-hybridized carbons (Fsp3) is 0.462. The van der Waals surface area contributed by atoms with E-state index in [2.05, 4.69) is 0 Å². The maximum atomic E-state index is 12.4. The topological polar surface area (TPSA) is 74.7 Å². The van der Waals surface area contributed by atoms with E-state index in [-0.39, 0.29) is 11.5 Å². The van der Waals surface area contributed by atoms with Crippen LogP contribution in [0.25, 0.3) is 0 Å². The molecule has 1 aromatic rings. The second-order valence-electron chi connectivity index (χ2n) is 4.72. The van der Waals surface area contributed by atoms with Gasteiger partial charge in [-0.3, -0.25) is 4.79 Å². The normalized spacial score (nSPS) is 23.3. The first-order chi connectivity index (χ1) is 8.93. The number of β-lactam (4-membered cyclic amide) rings is 1. The summed E-state index contributed by atoms with van der Waals surface area (Å²) >= 11 is 0. The van der Waals surface area contributed by atoms with Crippen LogP contribution in [0.3, 0.4) is 0 Å². The minimum atomic E-state index is -3.85. The Morgan fingerprint density at radius 3 is 2.32 bits per heavy atom. The van der Waals surface area contributed by atoms with Gasteiger partial charge in [-0.2, -0.15) is 0 Å². The van der Waals surface area contributed by atoms with Crippen LogP contribution in [0.15, 0.2) is 29.2 Å². The highest BCUT2D eigenvalue weighted by Gasteiger charge is 2.52. The largest absolute Gasteiger partial charge is 0.394 e. The summed E-state index contributed by atoms with van der Waals surface area (Å²) in [5, 5.41) is 9.27. The van der Waals surface area contributed by atoms with Crippen LogP contribution in [0.2, 0.25) is 0 Å². The van der Waals surface area contributed by atoms with E-state index in [4.69, 9.17) is 0 Å². The van der Waals surface area contributed by atoms with Crippen LogP contribution >= 0.6 is 0 Å². The summed E-state index contributed by atoms with van der Waals surface area (Å²) in [6, 6.07) is 5.69. The van der Waals surface area contributed by atoms with Crippen molar-refractivity contribution in [1.82, 2.24) is 4.31 Å². The van der Waals surface area contributed by atoms with E-state index in [1.54, 1.807) is 19.1 Å². The Bertz CT molecular complexity index is 579. The molecule has 1 aliphatic rings. The van der Waals surface area contributed by atoms with E-state index in [1.165, 1.54) is 12.1 Å². The molecule has 1 amide bonds. The molecule has 0 unspecified atom stereocenters. The zero-order valence-corrected chi connectivity index (χ0v) is 11.7. The number of hydrogen-bond donors (Lipinski definition) is 1. The predicted octanol–water partition coefficient (Wildman–Crippen LogP) is 0.913. The van der Waals surface area contributed by atoms with E-state index in [0.717, 1.165) is 9.87 Å². The Balaban J connectivity index is 2.35. The zero-order chi connectivity index (χ0) is 14.2. The van der Waals surface area contributed by atoms with Crippen molar-refractivity contribution in [3.63, 3.8) is 0 Å². The molecule has 19 heavy (non-hydrogen) atoms. The maximum absolute atomic E-state index is 12.4. The molecule has 0 spiro atoms. The number of rotatable bonds is 4. The van der Waals surface area contributed by atoms with E-state index < -0.39 is 27.9 Å². The molecule has 104 valence electrons. The number of aryl methyl sites for hydroxylation is 1. The zero-order valence-electron chi connectivity index (χ0n) is 10.9. The van der Waals surface area contributed by atoms with Gasteiger partial charge in [0, 0.05) is 0 Å². The second kappa shape index (κ2) is 4.94. The van der Waals surface area contributed by atoms with Gasteiger partial charge in [0.1, 0.15) is 0 Å². The number of hydrogen-bond acceptors (Lipinski definition) is 4. The predicted molar refractivity (Wildman–Crippen MR) is 69.9 cm³/mol. The quantitative estimate of drug-likeness (QED) is 0.834. The molecule has 0 aliphatic carbocycles. The third kappa shape index (κ3) is 2.15. The number of aliphatic hydroxyl groups excluding tert-OH is 1. The number of carbonyl (C=O) groups excluding carboxylic acids is 1. The maximum Gasteiger partial charge on any atom is 0.266 e. The lowest BCUT2D eigenvalue weighted by Crippen LogP contribution is -2.64. The minimum absolute atomic E-state index is 0.0828. The Kier molecular flexibility index (Phi) is 3.64. The highest BCUT2D eigenvalue weighted by Crippen LogP contribution is 2.34. The highest BCUT2D eigenvalue weighted by molar-refractivity contribution is 7.89. The van der Waals surface area contributed by atoms with Crippen molar-refractivity contribution in [2.75, 3.05) is 6.61 Å². The first-order valence-electron chi connectivity index (χ1n) is 6.19. The summed E-state index contributed by atoms with van der Waals surface area (Å²) in [6.45, 7) is 3.32. The SMILES string of the molecule is CC[C@H]1C(=O)N(S(=O)(=O)c2ccc(C)cc2)[C@@H]1CO. The van der Waals surface area contributed by atoms with E-state index in [1.807, 2.05) is 6.92 Å². The Morgan fingerprint density at radius 2 is 1.84 bits per heavy atom. The van der Waals surface area contributed by atoms with E-state index in [0.29, 0.717) is 6.42 Å². The van der Waals surface area contributed by atoms with Gasteiger partial charge in [0.25, 0.3) is 10.0 Å². The van der Waals surface area contributed by atoms with Gasteiger partial charge in [-0.05, 0) is 25.5 Å². The summed E-state index contributed by atoms with van der Waals surface area (Å²) in [6.07, 6.45) is 0.532. The summed E-state index contributed by atoms with van der Waals surface area (Å²) in [5.41, 5.74) is 0.944. The summed E-state index contributed by atoms with van der Waals surface area (Å²) < 4.78 is 25.5. The van der Waals surface area contributed by atoms with Crippen molar-refractivity contribution < 1.29 is 18.3 Å². The lowest BCUT2D eigenvalue weighted by Gasteiger charge is -2.44. The van der Waals surface area contributed by atoms with E-state index >= 15 is 0 Å². The van der Waals surface area contributed by atoms with Crippen LogP contribution in [-0.2, 0) is 14.8 Å². The van der Waals surface area contributed by atoms with Gasteiger partial charge in [-0.15, -0.1) is 0 Å². The fourth-order valence-corrected chi connectivity index (χ4v) is 3.99. The summed E-state index contributed by atoms with van der Waals surface area (Å²) in [5.74, 6) is -0.827. The van der Waals surface area contributed by atoms with Crippen LogP contribution in [0.4, 0.5) is 0 Å². The number of carbonyl (C=O) groups is 1. The van der Waals surface area contributed by atoms with Crippen molar-refractivity contribution in [2.45, 2.75) is 31.2 Å². The summed E-state index contributed by atoms with van der Waals surface area (Å²) in [7, 11) is -3.85. The molecular weight excluding hydrogens is 266 g/mol. The Labute approximate surface area is 112 Å². The van der Waals surface area contributed by atoms with Crippen molar-refractivity contribution in [3.05, 3.63) is 29.8 Å². The molecule has 1 aliphatic heterocycles. The molecule has 0 aromatic heterocycles. The van der Waals surface area contributed by atoms with Gasteiger partial charge in [0.05, 0.1) is 23.5 Å². The van der Waals surface area contributed by atoms with Gasteiger partial charge in [-0.1, -0.05) is 24.6 Å². The second-order valence-corrected chi connectivity index (χ2v) is 6.53. The third-order valence-corrected chi connectivity index (χ3v) is 5.34. The van der Waals surface area contributed by atoms with Crippen LogP contribution < -0.4 is 0 Å².